The first-order valence-electron chi connectivity index (χ1n) is 8.73. The van der Waals surface area contributed by atoms with Crippen LogP contribution in [-0.4, -0.2) is 22.6 Å². The third kappa shape index (κ3) is 3.47. The minimum Gasteiger partial charge on any atom is -0.486 e. The van der Waals surface area contributed by atoms with Crippen molar-refractivity contribution in [3.05, 3.63) is 50.3 Å². The number of halogens is 2. The van der Waals surface area contributed by atoms with Gasteiger partial charge in [0.15, 0.2) is 5.82 Å². The van der Waals surface area contributed by atoms with Crippen LogP contribution in [0.1, 0.15) is 60.4 Å². The number of carbonyl (C=O) groups is 2. The van der Waals surface area contributed by atoms with Crippen LogP contribution in [0.5, 0.6) is 5.75 Å². The maximum Gasteiger partial charge on any atom is 0.338 e. The van der Waals surface area contributed by atoms with Gasteiger partial charge in [-0.15, -0.1) is 0 Å². The third-order valence-corrected chi connectivity index (χ3v) is 5.75. The Morgan fingerprint density at radius 1 is 1.21 bits per heavy atom. The second-order valence-corrected chi connectivity index (χ2v) is 9.44. The number of rotatable bonds is 3. The first-order valence-corrected chi connectivity index (χ1v) is 9.81. The Kier molecular flexibility index (Phi) is 4.94. The number of primary amides is 1. The minimum absolute atomic E-state index is 0.209. The van der Waals surface area contributed by atoms with Gasteiger partial charge in [-0.2, -0.15) is 0 Å². The summed E-state index contributed by atoms with van der Waals surface area (Å²) < 4.78 is 21.7. The molecule has 2 aromatic rings. The molecule has 5 nitrogen and oxygen atoms in total. The fourth-order valence-electron chi connectivity index (χ4n) is 4.05. The van der Waals surface area contributed by atoms with Gasteiger partial charge in [0.25, 0.3) is 5.91 Å². The van der Waals surface area contributed by atoms with Gasteiger partial charge in [0.2, 0.25) is 0 Å². The number of carboxylic acid groups (broad SMARTS) is 1. The lowest BCUT2D eigenvalue weighted by Gasteiger charge is -2.43. The van der Waals surface area contributed by atoms with Gasteiger partial charge in [-0.05, 0) is 77.6 Å². The summed E-state index contributed by atoms with van der Waals surface area (Å²) in [6.45, 7) is 8.29. The van der Waals surface area contributed by atoms with Crippen molar-refractivity contribution < 1.29 is 23.8 Å². The van der Waals surface area contributed by atoms with Crippen LogP contribution in [0.25, 0.3) is 11.1 Å². The van der Waals surface area contributed by atoms with Gasteiger partial charge in [0, 0.05) is 5.56 Å². The SMILES string of the molecule is CC1(C)CC(C)(C)c2cc(-c3ccc(C(=O)O)c(F)c3C(N)=O)cc(I)c2O1. The molecule has 0 radical (unpaired) electrons. The number of nitrogens with two attached hydrogens (primary N) is 1. The van der Waals surface area contributed by atoms with Crippen molar-refractivity contribution in [2.45, 2.75) is 45.1 Å². The van der Waals surface area contributed by atoms with E-state index in [1.165, 1.54) is 6.07 Å². The molecule has 28 heavy (non-hydrogen) atoms. The van der Waals surface area contributed by atoms with Crippen LogP contribution in [-0.2, 0) is 5.41 Å². The standard InChI is InChI=1S/C21H21FINO4/c1-20(2)9-21(3,4)28-17-13(20)7-10(8-14(17)23)11-5-6-12(19(26)27)16(22)15(11)18(24)25/h5-8H,9H2,1-4H3,(H2,24,25)(H,26,27). The van der Waals surface area contributed by atoms with E-state index >= 15 is 0 Å². The Morgan fingerprint density at radius 2 is 1.86 bits per heavy atom. The minimum atomic E-state index is -1.46. The molecule has 3 N–H and O–H groups in total. The molecule has 0 aliphatic carbocycles. The summed E-state index contributed by atoms with van der Waals surface area (Å²) in [6, 6.07) is 6.23. The molecule has 1 aliphatic rings. The lowest BCUT2D eigenvalue weighted by Crippen LogP contribution is -2.41. The molecule has 1 aliphatic heterocycles. The average molecular weight is 497 g/mol. The number of carbonyl (C=O) groups excluding carboxylic acids is 1. The first-order chi connectivity index (χ1) is 12.8. The molecule has 0 aromatic heterocycles. The molecular weight excluding hydrogens is 476 g/mol. The average Bonchev–Trinajstić information content (AvgIpc) is 2.53. The molecule has 0 spiro atoms. The van der Waals surface area contributed by atoms with Gasteiger partial charge in [-0.1, -0.05) is 19.9 Å². The number of benzene rings is 2. The maximum atomic E-state index is 14.7. The molecule has 7 heteroatoms. The molecule has 0 unspecified atom stereocenters. The number of fused-ring (bicyclic) bond motifs is 1. The topological polar surface area (TPSA) is 89.6 Å². The van der Waals surface area contributed by atoms with Crippen molar-refractivity contribution in [1.29, 1.82) is 0 Å². The molecule has 0 saturated carbocycles. The van der Waals surface area contributed by atoms with Crippen molar-refractivity contribution in [2.24, 2.45) is 5.73 Å². The molecule has 0 atom stereocenters. The highest BCUT2D eigenvalue weighted by molar-refractivity contribution is 14.1. The first kappa shape index (κ1) is 20.6. The highest BCUT2D eigenvalue weighted by Gasteiger charge is 2.40. The molecule has 148 valence electrons. The van der Waals surface area contributed by atoms with Crippen molar-refractivity contribution in [3.8, 4) is 16.9 Å². The Bertz CT molecular complexity index is 1010. The quantitative estimate of drug-likeness (QED) is 0.600. The summed E-state index contributed by atoms with van der Waals surface area (Å²) in [4.78, 5) is 23.2. The predicted molar refractivity (Wildman–Crippen MR) is 112 cm³/mol. The predicted octanol–water partition coefficient (Wildman–Crippen LogP) is 4.73. The fraction of sp³-hybridized carbons (Fsp3) is 0.333. The van der Waals surface area contributed by atoms with Gasteiger partial charge in [0.05, 0.1) is 14.7 Å². The molecule has 0 saturated heterocycles. The van der Waals surface area contributed by atoms with Crippen LogP contribution < -0.4 is 10.5 Å². The summed E-state index contributed by atoms with van der Waals surface area (Å²) in [5.74, 6) is -2.82. The molecule has 0 bridgehead atoms. The van der Waals surface area contributed by atoms with Crippen LogP contribution in [0.2, 0.25) is 0 Å². The van der Waals surface area contributed by atoms with E-state index in [-0.39, 0.29) is 16.6 Å². The van der Waals surface area contributed by atoms with Crippen LogP contribution in [0.3, 0.4) is 0 Å². The second kappa shape index (κ2) is 6.72. The Labute approximate surface area is 176 Å². The summed E-state index contributed by atoms with van der Waals surface area (Å²) >= 11 is 2.16. The van der Waals surface area contributed by atoms with Gasteiger partial charge >= 0.3 is 5.97 Å². The molecule has 3 rings (SSSR count). The summed E-state index contributed by atoms with van der Waals surface area (Å²) in [5.41, 5.74) is 5.64. The largest absolute Gasteiger partial charge is 0.486 e. The van der Waals surface area contributed by atoms with E-state index in [1.54, 1.807) is 6.07 Å². The van der Waals surface area contributed by atoms with E-state index in [2.05, 4.69) is 36.4 Å². The molecule has 1 amide bonds. The summed E-state index contributed by atoms with van der Waals surface area (Å²) in [5, 5.41) is 9.14. The van der Waals surface area contributed by atoms with Crippen molar-refractivity contribution in [2.75, 3.05) is 0 Å². The van der Waals surface area contributed by atoms with Gasteiger partial charge in [-0.25, -0.2) is 9.18 Å². The monoisotopic (exact) mass is 497 g/mol. The van der Waals surface area contributed by atoms with E-state index in [0.29, 0.717) is 5.56 Å². The zero-order valence-corrected chi connectivity index (χ0v) is 18.2. The lowest BCUT2D eigenvalue weighted by atomic mass is 9.73. The lowest BCUT2D eigenvalue weighted by molar-refractivity contribution is 0.0523. The summed E-state index contributed by atoms with van der Waals surface area (Å²) in [6.07, 6.45) is 0.779. The Morgan fingerprint density at radius 3 is 2.43 bits per heavy atom. The van der Waals surface area contributed by atoms with Crippen LogP contribution in [0.15, 0.2) is 24.3 Å². The number of hydrogen-bond donors (Lipinski definition) is 2. The Balaban J connectivity index is 2.28. The number of aromatic carboxylic acids is 1. The number of amides is 1. The van der Waals surface area contributed by atoms with Crippen LogP contribution in [0, 0.1) is 9.39 Å². The van der Waals surface area contributed by atoms with E-state index in [4.69, 9.17) is 15.6 Å². The Hall–Kier alpha value is -2.16. The number of hydrogen-bond acceptors (Lipinski definition) is 3. The third-order valence-electron chi connectivity index (χ3n) is 4.95. The molecular formula is C21H21FINO4. The molecule has 0 fully saturated rings. The highest BCUT2D eigenvalue weighted by Crippen LogP contribution is 2.48. The second-order valence-electron chi connectivity index (χ2n) is 8.28. The summed E-state index contributed by atoms with van der Waals surface area (Å²) in [7, 11) is 0. The highest BCUT2D eigenvalue weighted by atomic mass is 127. The van der Waals surface area contributed by atoms with Crippen molar-refractivity contribution in [3.63, 3.8) is 0 Å². The maximum absolute atomic E-state index is 14.7. The van der Waals surface area contributed by atoms with E-state index in [1.807, 2.05) is 19.9 Å². The van der Waals surface area contributed by atoms with E-state index in [9.17, 15) is 14.0 Å². The molecule has 1 heterocycles. The van der Waals surface area contributed by atoms with Crippen LogP contribution >= 0.6 is 22.6 Å². The smallest absolute Gasteiger partial charge is 0.338 e. The number of carboxylic acids is 1. The van der Waals surface area contributed by atoms with Crippen molar-refractivity contribution in [1.82, 2.24) is 0 Å². The van der Waals surface area contributed by atoms with Gasteiger partial charge < -0.3 is 15.6 Å². The zero-order chi connectivity index (χ0) is 21.0. The molecule has 2 aromatic carbocycles. The van der Waals surface area contributed by atoms with E-state index < -0.39 is 28.8 Å². The van der Waals surface area contributed by atoms with Gasteiger partial charge in [0.1, 0.15) is 11.4 Å². The van der Waals surface area contributed by atoms with E-state index in [0.717, 1.165) is 27.4 Å². The zero-order valence-electron chi connectivity index (χ0n) is 16.0. The van der Waals surface area contributed by atoms with Crippen molar-refractivity contribution >= 4 is 34.5 Å². The van der Waals surface area contributed by atoms with Crippen LogP contribution in [0.4, 0.5) is 4.39 Å². The van der Waals surface area contributed by atoms with Gasteiger partial charge in [-0.3, -0.25) is 4.79 Å². The number of ether oxygens (including phenoxy) is 1. The fourth-order valence-corrected chi connectivity index (χ4v) is 4.79. The normalized spacial score (nSPS) is 16.8.